The molecule has 0 atom stereocenters. The highest BCUT2D eigenvalue weighted by Gasteiger charge is 2.02. The number of carbonyl (C=O) groups is 1. The fourth-order valence-electron chi connectivity index (χ4n) is 1.49. The Hall–Kier alpha value is -2.37. The summed E-state index contributed by atoms with van der Waals surface area (Å²) in [4.78, 5) is 18.6. The Bertz CT molecular complexity index is 571. The predicted octanol–water partition coefficient (Wildman–Crippen LogP) is 1.15. The number of hydrogen-bond acceptors (Lipinski definition) is 6. The lowest BCUT2D eigenvalue weighted by atomic mass is 10.2. The molecule has 1 heterocycles. The van der Waals surface area contributed by atoms with Crippen LogP contribution in [0.2, 0.25) is 0 Å². The van der Waals surface area contributed by atoms with Gasteiger partial charge in [-0.25, -0.2) is 9.97 Å². The van der Waals surface area contributed by atoms with Crippen LogP contribution in [0.15, 0.2) is 24.5 Å². The molecule has 0 aliphatic rings. The lowest BCUT2D eigenvalue weighted by molar-refractivity contribution is -0.141. The van der Waals surface area contributed by atoms with Gasteiger partial charge in [-0.05, 0) is 18.2 Å². The van der Waals surface area contributed by atoms with Crippen molar-refractivity contribution >= 4 is 22.7 Å². The van der Waals surface area contributed by atoms with E-state index in [4.69, 9.17) is 15.2 Å². The zero-order valence-electron chi connectivity index (χ0n) is 9.92. The maximum absolute atomic E-state index is 10.6. The molecule has 0 aliphatic heterocycles. The standard InChI is InChI=1S/C12H13N3O3/c1-8(16)17-4-5-18-9-2-3-11-10(6-9)12(13)15-7-14-11/h2-3,6-7H,4-5H2,1H3,(H2,13,14,15). The first-order valence-corrected chi connectivity index (χ1v) is 5.43. The summed E-state index contributed by atoms with van der Waals surface area (Å²) < 4.78 is 10.2. The molecule has 1 aromatic heterocycles. The number of nitrogens with zero attached hydrogens (tertiary/aromatic N) is 2. The maximum Gasteiger partial charge on any atom is 0.302 e. The number of carbonyl (C=O) groups excluding carboxylic acids is 1. The van der Waals surface area contributed by atoms with Crippen LogP contribution in [0.25, 0.3) is 10.9 Å². The second-order valence-electron chi connectivity index (χ2n) is 3.63. The van der Waals surface area contributed by atoms with Gasteiger partial charge in [-0.15, -0.1) is 0 Å². The molecule has 0 saturated heterocycles. The third-order valence-corrected chi connectivity index (χ3v) is 2.30. The first-order valence-electron chi connectivity index (χ1n) is 5.43. The van der Waals surface area contributed by atoms with E-state index in [9.17, 15) is 4.79 Å². The molecule has 0 unspecified atom stereocenters. The Balaban J connectivity index is 2.06. The number of esters is 1. The Kier molecular flexibility index (Phi) is 3.57. The van der Waals surface area contributed by atoms with Crippen LogP contribution in [-0.4, -0.2) is 29.2 Å². The van der Waals surface area contributed by atoms with Gasteiger partial charge in [-0.3, -0.25) is 4.79 Å². The lowest BCUT2D eigenvalue weighted by Gasteiger charge is -2.07. The van der Waals surface area contributed by atoms with Crippen molar-refractivity contribution in [2.45, 2.75) is 6.92 Å². The molecular formula is C12H13N3O3. The van der Waals surface area contributed by atoms with Crippen molar-refractivity contribution in [1.29, 1.82) is 0 Å². The zero-order chi connectivity index (χ0) is 13.0. The first kappa shape index (κ1) is 12.1. The molecule has 0 fully saturated rings. The van der Waals surface area contributed by atoms with Crippen LogP contribution in [0, 0.1) is 0 Å². The van der Waals surface area contributed by atoms with Crippen molar-refractivity contribution < 1.29 is 14.3 Å². The van der Waals surface area contributed by atoms with Crippen molar-refractivity contribution in [3.8, 4) is 5.75 Å². The van der Waals surface area contributed by atoms with Gasteiger partial charge in [0, 0.05) is 12.3 Å². The van der Waals surface area contributed by atoms with Crippen LogP contribution in [0.4, 0.5) is 5.82 Å². The molecular weight excluding hydrogens is 234 g/mol. The molecule has 2 rings (SSSR count). The summed E-state index contributed by atoms with van der Waals surface area (Å²) in [6.07, 6.45) is 1.42. The molecule has 1 aromatic carbocycles. The van der Waals surface area contributed by atoms with Crippen molar-refractivity contribution in [2.24, 2.45) is 0 Å². The molecule has 0 amide bonds. The number of aromatic nitrogens is 2. The van der Waals surface area contributed by atoms with Gasteiger partial charge in [0.2, 0.25) is 0 Å². The highest BCUT2D eigenvalue weighted by Crippen LogP contribution is 2.22. The Morgan fingerprint density at radius 3 is 2.94 bits per heavy atom. The van der Waals surface area contributed by atoms with E-state index in [2.05, 4.69) is 9.97 Å². The van der Waals surface area contributed by atoms with Gasteiger partial charge in [0.1, 0.15) is 31.1 Å². The maximum atomic E-state index is 10.6. The van der Waals surface area contributed by atoms with Gasteiger partial charge in [-0.1, -0.05) is 0 Å². The molecule has 6 heteroatoms. The van der Waals surface area contributed by atoms with E-state index in [1.807, 2.05) is 0 Å². The summed E-state index contributed by atoms with van der Waals surface area (Å²) in [7, 11) is 0. The summed E-state index contributed by atoms with van der Waals surface area (Å²) >= 11 is 0. The molecule has 0 aliphatic carbocycles. The SMILES string of the molecule is CC(=O)OCCOc1ccc2ncnc(N)c2c1. The number of rotatable bonds is 4. The predicted molar refractivity (Wildman–Crippen MR) is 66.1 cm³/mol. The fourth-order valence-corrected chi connectivity index (χ4v) is 1.49. The number of hydrogen-bond donors (Lipinski definition) is 1. The average molecular weight is 247 g/mol. The van der Waals surface area contributed by atoms with E-state index >= 15 is 0 Å². The average Bonchev–Trinajstić information content (AvgIpc) is 2.35. The minimum Gasteiger partial charge on any atom is -0.490 e. The quantitative estimate of drug-likeness (QED) is 0.644. The third kappa shape index (κ3) is 2.85. The van der Waals surface area contributed by atoms with Crippen LogP contribution in [0.1, 0.15) is 6.92 Å². The zero-order valence-corrected chi connectivity index (χ0v) is 9.92. The van der Waals surface area contributed by atoms with E-state index in [1.165, 1.54) is 13.3 Å². The molecule has 0 saturated carbocycles. The second kappa shape index (κ2) is 5.31. The Morgan fingerprint density at radius 2 is 2.17 bits per heavy atom. The fraction of sp³-hybridized carbons (Fsp3) is 0.250. The van der Waals surface area contributed by atoms with Crippen molar-refractivity contribution in [3.63, 3.8) is 0 Å². The van der Waals surface area contributed by atoms with E-state index in [-0.39, 0.29) is 12.6 Å². The van der Waals surface area contributed by atoms with Crippen molar-refractivity contribution in [3.05, 3.63) is 24.5 Å². The van der Waals surface area contributed by atoms with Gasteiger partial charge in [0.05, 0.1) is 5.52 Å². The van der Waals surface area contributed by atoms with Crippen molar-refractivity contribution in [2.75, 3.05) is 18.9 Å². The number of nitrogens with two attached hydrogens (primary N) is 1. The number of fused-ring (bicyclic) bond motifs is 1. The molecule has 6 nitrogen and oxygen atoms in total. The normalized spacial score (nSPS) is 10.3. The summed E-state index contributed by atoms with van der Waals surface area (Å²) in [6, 6.07) is 5.34. The highest BCUT2D eigenvalue weighted by atomic mass is 16.6. The molecule has 18 heavy (non-hydrogen) atoms. The van der Waals surface area contributed by atoms with Crippen LogP contribution >= 0.6 is 0 Å². The van der Waals surface area contributed by atoms with Gasteiger partial charge < -0.3 is 15.2 Å². The monoisotopic (exact) mass is 247 g/mol. The van der Waals surface area contributed by atoms with E-state index in [1.54, 1.807) is 18.2 Å². The highest BCUT2D eigenvalue weighted by molar-refractivity contribution is 5.88. The molecule has 0 bridgehead atoms. The smallest absolute Gasteiger partial charge is 0.302 e. The third-order valence-electron chi connectivity index (χ3n) is 2.30. The minimum absolute atomic E-state index is 0.216. The van der Waals surface area contributed by atoms with Crippen LogP contribution < -0.4 is 10.5 Å². The van der Waals surface area contributed by atoms with Crippen LogP contribution in [-0.2, 0) is 9.53 Å². The van der Waals surface area contributed by atoms with Crippen LogP contribution in [0.3, 0.4) is 0 Å². The lowest BCUT2D eigenvalue weighted by Crippen LogP contribution is -2.09. The summed E-state index contributed by atoms with van der Waals surface area (Å²) in [5, 5.41) is 0.738. The molecule has 2 aromatic rings. The van der Waals surface area contributed by atoms with E-state index < -0.39 is 0 Å². The largest absolute Gasteiger partial charge is 0.490 e. The van der Waals surface area contributed by atoms with E-state index in [0.29, 0.717) is 18.2 Å². The molecule has 94 valence electrons. The van der Waals surface area contributed by atoms with E-state index in [0.717, 1.165) is 10.9 Å². The second-order valence-corrected chi connectivity index (χ2v) is 3.63. The van der Waals surface area contributed by atoms with Crippen molar-refractivity contribution in [1.82, 2.24) is 9.97 Å². The molecule has 0 spiro atoms. The summed E-state index contributed by atoms with van der Waals surface area (Å²) in [6.45, 7) is 1.86. The number of benzene rings is 1. The Labute approximate surface area is 104 Å². The Morgan fingerprint density at radius 1 is 1.33 bits per heavy atom. The first-order chi connectivity index (χ1) is 8.66. The van der Waals surface area contributed by atoms with Crippen LogP contribution in [0.5, 0.6) is 5.75 Å². The van der Waals surface area contributed by atoms with Gasteiger partial charge in [0.25, 0.3) is 0 Å². The number of anilines is 1. The van der Waals surface area contributed by atoms with Gasteiger partial charge in [0.15, 0.2) is 0 Å². The summed E-state index contributed by atoms with van der Waals surface area (Å²) in [5.41, 5.74) is 6.50. The van der Waals surface area contributed by atoms with Gasteiger partial charge >= 0.3 is 5.97 Å². The minimum atomic E-state index is -0.324. The van der Waals surface area contributed by atoms with Gasteiger partial charge in [-0.2, -0.15) is 0 Å². The molecule has 2 N–H and O–H groups in total. The number of nitrogen functional groups attached to an aromatic ring is 1. The summed E-state index contributed by atoms with van der Waals surface area (Å²) in [5.74, 6) is 0.719. The molecule has 0 radical (unpaired) electrons. The topological polar surface area (TPSA) is 87.3 Å². The number of ether oxygens (including phenoxy) is 2.